The number of hydrogen-bond donors (Lipinski definition) is 2. The van der Waals surface area contributed by atoms with E-state index in [2.05, 4.69) is 49.8 Å². The van der Waals surface area contributed by atoms with Crippen LogP contribution in [0.25, 0.3) is 0 Å². The molecule has 0 unspecified atom stereocenters. The molecular weight excluding hydrogens is 418 g/mol. The minimum atomic E-state index is -0.325. The number of piperazine rings is 1. The molecule has 2 fully saturated rings. The third kappa shape index (κ3) is 4.76. The van der Waals surface area contributed by atoms with E-state index < -0.39 is 0 Å². The second-order valence-electron chi connectivity index (χ2n) is 9.11. The SMILES string of the molecule is CCOC(=O)C1=CC(N2CCN(C3CCC(N4CCOc5ccccc54)CC3)CC2)=CNN1. The lowest BCUT2D eigenvalue weighted by Gasteiger charge is -2.45. The lowest BCUT2D eigenvalue weighted by atomic mass is 9.88. The van der Waals surface area contributed by atoms with E-state index in [1.807, 2.05) is 19.2 Å². The number of fused-ring (bicyclic) bond motifs is 1. The first-order valence-electron chi connectivity index (χ1n) is 12.3. The van der Waals surface area contributed by atoms with Gasteiger partial charge in [-0.15, -0.1) is 0 Å². The van der Waals surface area contributed by atoms with Crippen LogP contribution in [0.4, 0.5) is 5.69 Å². The molecule has 0 spiro atoms. The first-order chi connectivity index (χ1) is 16.2. The van der Waals surface area contributed by atoms with Gasteiger partial charge in [-0.25, -0.2) is 4.79 Å². The number of carbonyl (C=O) groups is 1. The standard InChI is InChI=1S/C25H35N5O3/c1-2-32-25(31)22-17-21(18-26-27-22)29-13-11-28(12-14-29)19-7-9-20(10-8-19)30-15-16-33-24-6-4-3-5-23(24)30/h3-6,17-20,26-27H,2,7-16H2,1H3. The number of ether oxygens (including phenoxy) is 2. The monoisotopic (exact) mass is 453 g/mol. The molecule has 8 heteroatoms. The molecule has 0 bridgehead atoms. The highest BCUT2D eigenvalue weighted by Gasteiger charge is 2.33. The fraction of sp³-hybridized carbons (Fsp3) is 0.560. The average Bonchev–Trinajstić information content (AvgIpc) is 2.89. The molecule has 178 valence electrons. The summed E-state index contributed by atoms with van der Waals surface area (Å²) in [5, 5.41) is 0. The van der Waals surface area contributed by atoms with Gasteiger partial charge >= 0.3 is 5.97 Å². The van der Waals surface area contributed by atoms with Crippen LogP contribution in [-0.4, -0.2) is 73.8 Å². The van der Waals surface area contributed by atoms with Crippen LogP contribution in [0.3, 0.4) is 0 Å². The highest BCUT2D eigenvalue weighted by Crippen LogP contribution is 2.37. The Balaban J connectivity index is 1.12. The summed E-state index contributed by atoms with van der Waals surface area (Å²) in [6.45, 7) is 8.02. The summed E-state index contributed by atoms with van der Waals surface area (Å²) in [5.41, 5.74) is 8.63. The molecule has 3 aliphatic heterocycles. The molecular formula is C25H35N5O3. The molecule has 3 heterocycles. The van der Waals surface area contributed by atoms with Gasteiger partial charge in [0, 0.05) is 44.5 Å². The quantitative estimate of drug-likeness (QED) is 0.658. The Hall–Kier alpha value is -2.87. The van der Waals surface area contributed by atoms with Crippen LogP contribution >= 0.6 is 0 Å². The van der Waals surface area contributed by atoms with Crippen molar-refractivity contribution in [2.45, 2.75) is 44.7 Å². The smallest absolute Gasteiger partial charge is 0.356 e. The van der Waals surface area contributed by atoms with Gasteiger partial charge in [0.05, 0.1) is 24.5 Å². The second-order valence-corrected chi connectivity index (χ2v) is 9.11. The largest absolute Gasteiger partial charge is 0.490 e. The summed E-state index contributed by atoms with van der Waals surface area (Å²) in [6.07, 6.45) is 8.80. The zero-order chi connectivity index (χ0) is 22.6. The van der Waals surface area contributed by atoms with Gasteiger partial charge in [-0.05, 0) is 50.8 Å². The van der Waals surface area contributed by atoms with Crippen LogP contribution in [-0.2, 0) is 9.53 Å². The molecule has 2 N–H and O–H groups in total. The van der Waals surface area contributed by atoms with E-state index >= 15 is 0 Å². The fourth-order valence-electron chi connectivity index (χ4n) is 5.57. The number of para-hydroxylation sites is 2. The van der Waals surface area contributed by atoms with E-state index in [1.165, 1.54) is 31.4 Å². The maximum Gasteiger partial charge on any atom is 0.356 e. The van der Waals surface area contributed by atoms with Crippen molar-refractivity contribution in [3.63, 3.8) is 0 Å². The number of hydrazine groups is 1. The minimum absolute atomic E-state index is 0.325. The molecule has 0 radical (unpaired) electrons. The minimum Gasteiger partial charge on any atom is -0.490 e. The van der Waals surface area contributed by atoms with Crippen LogP contribution in [0.15, 0.2) is 47.9 Å². The summed E-state index contributed by atoms with van der Waals surface area (Å²) in [6, 6.07) is 9.75. The number of anilines is 1. The van der Waals surface area contributed by atoms with Crippen molar-refractivity contribution in [2.24, 2.45) is 0 Å². The Bertz CT molecular complexity index is 901. The summed E-state index contributed by atoms with van der Waals surface area (Å²) in [5.74, 6) is 0.706. The third-order valence-corrected chi connectivity index (χ3v) is 7.28. The van der Waals surface area contributed by atoms with Gasteiger partial charge in [-0.2, -0.15) is 0 Å². The van der Waals surface area contributed by atoms with Gasteiger partial charge < -0.3 is 24.7 Å². The fourth-order valence-corrected chi connectivity index (χ4v) is 5.57. The second kappa shape index (κ2) is 9.95. The van der Waals surface area contributed by atoms with Crippen molar-refractivity contribution in [3.8, 4) is 5.75 Å². The lowest BCUT2D eigenvalue weighted by Crippen LogP contribution is -2.52. The van der Waals surface area contributed by atoms with Crippen molar-refractivity contribution in [1.29, 1.82) is 0 Å². The number of nitrogens with one attached hydrogen (secondary N) is 2. The molecule has 1 saturated carbocycles. The number of nitrogens with zero attached hydrogens (tertiary/aromatic N) is 3. The van der Waals surface area contributed by atoms with Crippen molar-refractivity contribution < 1.29 is 14.3 Å². The number of hydrogen-bond acceptors (Lipinski definition) is 8. The van der Waals surface area contributed by atoms with E-state index in [4.69, 9.17) is 9.47 Å². The van der Waals surface area contributed by atoms with E-state index in [-0.39, 0.29) is 5.97 Å². The first-order valence-corrected chi connectivity index (χ1v) is 12.3. The molecule has 33 heavy (non-hydrogen) atoms. The van der Waals surface area contributed by atoms with E-state index in [1.54, 1.807) is 0 Å². The molecule has 5 rings (SSSR count). The molecule has 8 nitrogen and oxygen atoms in total. The number of esters is 1. The molecule has 4 aliphatic rings. The van der Waals surface area contributed by atoms with Gasteiger partial charge in [0.2, 0.25) is 0 Å². The number of carbonyl (C=O) groups excluding carboxylic acids is 1. The van der Waals surface area contributed by atoms with E-state index in [9.17, 15) is 4.79 Å². The van der Waals surface area contributed by atoms with E-state index in [0.29, 0.717) is 24.4 Å². The van der Waals surface area contributed by atoms with Crippen molar-refractivity contribution >= 4 is 11.7 Å². The van der Waals surface area contributed by atoms with Crippen molar-refractivity contribution in [1.82, 2.24) is 20.7 Å². The molecule has 0 atom stereocenters. The highest BCUT2D eigenvalue weighted by molar-refractivity contribution is 5.88. The van der Waals surface area contributed by atoms with Crippen molar-refractivity contribution in [3.05, 3.63) is 47.9 Å². The Kier molecular flexibility index (Phi) is 6.62. The average molecular weight is 454 g/mol. The number of rotatable bonds is 5. The Labute approximate surface area is 196 Å². The summed E-state index contributed by atoms with van der Waals surface area (Å²) in [7, 11) is 0. The van der Waals surface area contributed by atoms with E-state index in [0.717, 1.165) is 50.8 Å². The maximum atomic E-state index is 12.0. The number of benzene rings is 1. The van der Waals surface area contributed by atoms with Crippen LogP contribution in [0, 0.1) is 0 Å². The van der Waals surface area contributed by atoms with Crippen LogP contribution in [0.5, 0.6) is 5.75 Å². The lowest BCUT2D eigenvalue weighted by molar-refractivity contribution is -0.139. The Morgan fingerprint density at radius 3 is 2.61 bits per heavy atom. The predicted octanol–water partition coefficient (Wildman–Crippen LogP) is 2.21. The first kappa shape index (κ1) is 21.9. The molecule has 0 aromatic heterocycles. The van der Waals surface area contributed by atoms with Gasteiger partial charge in [0.25, 0.3) is 0 Å². The van der Waals surface area contributed by atoms with Crippen molar-refractivity contribution in [2.75, 3.05) is 50.8 Å². The molecule has 1 saturated heterocycles. The molecule has 1 aromatic carbocycles. The third-order valence-electron chi connectivity index (χ3n) is 7.28. The number of allylic oxidation sites excluding steroid dienone is 1. The Morgan fingerprint density at radius 1 is 1.06 bits per heavy atom. The Morgan fingerprint density at radius 2 is 1.82 bits per heavy atom. The highest BCUT2D eigenvalue weighted by atomic mass is 16.5. The predicted molar refractivity (Wildman–Crippen MR) is 128 cm³/mol. The van der Waals surface area contributed by atoms with Gasteiger partial charge in [0.1, 0.15) is 18.1 Å². The van der Waals surface area contributed by atoms with Gasteiger partial charge in [0.15, 0.2) is 0 Å². The van der Waals surface area contributed by atoms with Gasteiger partial charge in [-0.3, -0.25) is 10.3 Å². The molecule has 1 aliphatic carbocycles. The van der Waals surface area contributed by atoms with Crippen LogP contribution in [0.2, 0.25) is 0 Å². The normalized spacial score (nSPS) is 25.6. The summed E-state index contributed by atoms with van der Waals surface area (Å²) in [4.78, 5) is 19.6. The summed E-state index contributed by atoms with van der Waals surface area (Å²) < 4.78 is 11.0. The zero-order valence-corrected chi connectivity index (χ0v) is 19.5. The van der Waals surface area contributed by atoms with Crippen LogP contribution < -0.4 is 20.5 Å². The molecule has 1 aromatic rings. The summed E-state index contributed by atoms with van der Waals surface area (Å²) >= 11 is 0. The molecule has 0 amide bonds. The zero-order valence-electron chi connectivity index (χ0n) is 19.5. The van der Waals surface area contributed by atoms with Gasteiger partial charge in [-0.1, -0.05) is 12.1 Å². The topological polar surface area (TPSA) is 69.3 Å². The van der Waals surface area contributed by atoms with Crippen LogP contribution in [0.1, 0.15) is 32.6 Å². The maximum absolute atomic E-state index is 12.0.